The predicted octanol–water partition coefficient (Wildman–Crippen LogP) is 3.45. The van der Waals surface area contributed by atoms with Crippen molar-refractivity contribution < 1.29 is 9.47 Å². The Morgan fingerprint density at radius 1 is 1.16 bits per heavy atom. The molecule has 0 amide bonds. The molecule has 0 atom stereocenters. The summed E-state index contributed by atoms with van der Waals surface area (Å²) >= 11 is 0. The van der Waals surface area contributed by atoms with Gasteiger partial charge < -0.3 is 9.47 Å². The van der Waals surface area contributed by atoms with E-state index in [9.17, 15) is 0 Å². The molecule has 4 heteroatoms. The molecular formula is C15H14N2O2. The number of aryl methyl sites for hydroxylation is 1. The zero-order valence-electron chi connectivity index (χ0n) is 10.9. The number of hydrogen-bond donors (Lipinski definition) is 0. The molecule has 4 nitrogen and oxygen atoms in total. The van der Waals surface area contributed by atoms with Crippen molar-refractivity contribution in [3.05, 3.63) is 47.7 Å². The maximum atomic E-state index is 9.06. The van der Waals surface area contributed by atoms with Crippen molar-refractivity contribution in [2.75, 3.05) is 6.61 Å². The van der Waals surface area contributed by atoms with Crippen LogP contribution in [0.15, 0.2) is 36.4 Å². The van der Waals surface area contributed by atoms with Crippen LogP contribution in [-0.4, -0.2) is 11.6 Å². The standard InChI is InChI=1S/C15H14N2O2/c1-3-18-13-6-4-5-7-14(13)19-15-12(10-16)9-8-11(2)17-15/h4-9H,3H2,1-2H3. The minimum Gasteiger partial charge on any atom is -0.490 e. The number of benzene rings is 1. The van der Waals surface area contributed by atoms with E-state index in [1.807, 2.05) is 32.0 Å². The molecule has 0 radical (unpaired) electrons. The Morgan fingerprint density at radius 3 is 2.58 bits per heavy atom. The van der Waals surface area contributed by atoms with E-state index in [2.05, 4.69) is 11.1 Å². The molecule has 96 valence electrons. The van der Waals surface area contributed by atoms with Gasteiger partial charge in [-0.2, -0.15) is 5.26 Å². The van der Waals surface area contributed by atoms with Crippen LogP contribution in [0.1, 0.15) is 18.2 Å². The summed E-state index contributed by atoms with van der Waals surface area (Å²) < 4.78 is 11.2. The molecule has 19 heavy (non-hydrogen) atoms. The van der Waals surface area contributed by atoms with Gasteiger partial charge in [0.1, 0.15) is 11.6 Å². The molecule has 0 bridgehead atoms. The number of aromatic nitrogens is 1. The summed E-state index contributed by atoms with van der Waals surface area (Å²) in [7, 11) is 0. The van der Waals surface area contributed by atoms with Crippen LogP contribution >= 0.6 is 0 Å². The van der Waals surface area contributed by atoms with Gasteiger partial charge in [0.2, 0.25) is 5.88 Å². The molecule has 1 aromatic heterocycles. The second kappa shape index (κ2) is 5.87. The molecule has 0 aliphatic carbocycles. The van der Waals surface area contributed by atoms with Gasteiger partial charge in [-0.25, -0.2) is 4.98 Å². The molecule has 0 saturated heterocycles. The summed E-state index contributed by atoms with van der Waals surface area (Å²) in [6, 6.07) is 12.9. The summed E-state index contributed by atoms with van der Waals surface area (Å²) in [5.74, 6) is 1.49. The van der Waals surface area contributed by atoms with E-state index in [0.717, 1.165) is 5.69 Å². The van der Waals surface area contributed by atoms with Crippen LogP contribution in [0.2, 0.25) is 0 Å². The van der Waals surface area contributed by atoms with E-state index in [0.29, 0.717) is 29.5 Å². The number of nitrogens with zero attached hydrogens (tertiary/aromatic N) is 2. The average Bonchev–Trinajstić information content (AvgIpc) is 2.42. The third-order valence-electron chi connectivity index (χ3n) is 2.48. The highest BCUT2D eigenvalue weighted by Crippen LogP contribution is 2.31. The topological polar surface area (TPSA) is 55.1 Å². The second-order valence-corrected chi connectivity index (χ2v) is 3.90. The van der Waals surface area contributed by atoms with Crippen molar-refractivity contribution in [3.63, 3.8) is 0 Å². The second-order valence-electron chi connectivity index (χ2n) is 3.90. The first kappa shape index (κ1) is 12.9. The monoisotopic (exact) mass is 254 g/mol. The highest BCUT2D eigenvalue weighted by Gasteiger charge is 2.10. The van der Waals surface area contributed by atoms with E-state index in [1.54, 1.807) is 18.2 Å². The number of rotatable bonds is 4. The minimum atomic E-state index is 0.301. The van der Waals surface area contributed by atoms with Crippen molar-refractivity contribution >= 4 is 0 Å². The lowest BCUT2D eigenvalue weighted by Gasteiger charge is -2.11. The quantitative estimate of drug-likeness (QED) is 0.838. The molecule has 0 fully saturated rings. The number of para-hydroxylation sites is 2. The maximum absolute atomic E-state index is 9.06. The Morgan fingerprint density at radius 2 is 1.89 bits per heavy atom. The lowest BCUT2D eigenvalue weighted by atomic mass is 10.2. The molecule has 2 rings (SSSR count). The first-order chi connectivity index (χ1) is 9.24. The molecular weight excluding hydrogens is 240 g/mol. The van der Waals surface area contributed by atoms with E-state index in [4.69, 9.17) is 14.7 Å². The van der Waals surface area contributed by atoms with Crippen molar-refractivity contribution in [2.24, 2.45) is 0 Å². The molecule has 0 saturated carbocycles. The molecule has 0 aliphatic heterocycles. The minimum absolute atomic E-state index is 0.301. The summed E-state index contributed by atoms with van der Waals surface area (Å²) in [4.78, 5) is 4.24. The van der Waals surface area contributed by atoms with Gasteiger partial charge in [0.15, 0.2) is 11.5 Å². The fourth-order valence-electron chi connectivity index (χ4n) is 1.61. The van der Waals surface area contributed by atoms with Gasteiger partial charge in [-0.15, -0.1) is 0 Å². The summed E-state index contributed by atoms with van der Waals surface area (Å²) in [6.45, 7) is 4.30. The highest BCUT2D eigenvalue weighted by atomic mass is 16.5. The van der Waals surface area contributed by atoms with Crippen LogP contribution in [0.5, 0.6) is 17.4 Å². The highest BCUT2D eigenvalue weighted by molar-refractivity contribution is 5.45. The predicted molar refractivity (Wildman–Crippen MR) is 71.4 cm³/mol. The van der Waals surface area contributed by atoms with E-state index < -0.39 is 0 Å². The number of pyridine rings is 1. The Kier molecular flexibility index (Phi) is 3.99. The average molecular weight is 254 g/mol. The van der Waals surface area contributed by atoms with Gasteiger partial charge in [0.25, 0.3) is 0 Å². The van der Waals surface area contributed by atoms with E-state index in [1.165, 1.54) is 0 Å². The molecule has 1 aromatic carbocycles. The van der Waals surface area contributed by atoms with Crippen molar-refractivity contribution in [1.29, 1.82) is 5.26 Å². The smallest absolute Gasteiger partial charge is 0.237 e. The Labute approximate surface area is 112 Å². The SMILES string of the molecule is CCOc1ccccc1Oc1nc(C)ccc1C#N. The van der Waals surface area contributed by atoms with Crippen molar-refractivity contribution in [3.8, 4) is 23.4 Å². The zero-order valence-corrected chi connectivity index (χ0v) is 10.9. The lowest BCUT2D eigenvalue weighted by molar-refractivity contribution is 0.319. The molecule has 0 spiro atoms. The lowest BCUT2D eigenvalue weighted by Crippen LogP contribution is -1.97. The van der Waals surface area contributed by atoms with Gasteiger partial charge in [-0.1, -0.05) is 12.1 Å². The largest absolute Gasteiger partial charge is 0.490 e. The first-order valence-corrected chi connectivity index (χ1v) is 6.02. The Balaban J connectivity index is 2.36. The van der Waals surface area contributed by atoms with Crippen LogP contribution in [0.3, 0.4) is 0 Å². The van der Waals surface area contributed by atoms with Gasteiger partial charge in [-0.3, -0.25) is 0 Å². The third kappa shape index (κ3) is 3.02. The fourth-order valence-corrected chi connectivity index (χ4v) is 1.61. The van der Waals surface area contributed by atoms with Crippen LogP contribution in [0, 0.1) is 18.3 Å². The van der Waals surface area contributed by atoms with Gasteiger partial charge >= 0.3 is 0 Å². The zero-order chi connectivity index (χ0) is 13.7. The van der Waals surface area contributed by atoms with Gasteiger partial charge in [0.05, 0.1) is 6.61 Å². The summed E-state index contributed by atoms with van der Waals surface area (Å²) in [5.41, 5.74) is 1.19. The number of ether oxygens (including phenoxy) is 2. The molecule has 0 N–H and O–H groups in total. The number of hydrogen-bond acceptors (Lipinski definition) is 4. The van der Waals surface area contributed by atoms with Crippen LogP contribution in [-0.2, 0) is 0 Å². The van der Waals surface area contributed by atoms with Crippen LogP contribution in [0.4, 0.5) is 0 Å². The fraction of sp³-hybridized carbons (Fsp3) is 0.200. The van der Waals surface area contributed by atoms with E-state index in [-0.39, 0.29) is 0 Å². The third-order valence-corrected chi connectivity index (χ3v) is 2.48. The maximum Gasteiger partial charge on any atom is 0.237 e. The van der Waals surface area contributed by atoms with Gasteiger partial charge in [-0.05, 0) is 38.1 Å². The van der Waals surface area contributed by atoms with Crippen molar-refractivity contribution in [1.82, 2.24) is 4.98 Å². The van der Waals surface area contributed by atoms with Crippen molar-refractivity contribution in [2.45, 2.75) is 13.8 Å². The van der Waals surface area contributed by atoms with Gasteiger partial charge in [0, 0.05) is 5.69 Å². The van der Waals surface area contributed by atoms with E-state index >= 15 is 0 Å². The molecule has 0 unspecified atom stereocenters. The number of nitriles is 1. The Bertz CT molecular complexity index is 618. The molecule has 0 aliphatic rings. The first-order valence-electron chi connectivity index (χ1n) is 6.02. The Hall–Kier alpha value is -2.54. The summed E-state index contributed by atoms with van der Waals surface area (Å²) in [5, 5.41) is 9.06. The van der Waals surface area contributed by atoms with Crippen LogP contribution < -0.4 is 9.47 Å². The van der Waals surface area contributed by atoms with Crippen LogP contribution in [0.25, 0.3) is 0 Å². The normalized spacial score (nSPS) is 9.74. The molecule has 2 aromatic rings. The molecule has 1 heterocycles. The summed E-state index contributed by atoms with van der Waals surface area (Å²) in [6.07, 6.45) is 0.